The number of nitrogens with one attached hydrogen (secondary N) is 1. The normalized spacial score (nSPS) is 11.3. The number of anilines is 2. The Morgan fingerprint density at radius 3 is 2.50 bits per heavy atom. The molecule has 4 aromatic rings. The third-order valence-corrected chi connectivity index (χ3v) is 5.27. The lowest BCUT2D eigenvalue weighted by Crippen LogP contribution is -2.22. The van der Waals surface area contributed by atoms with Gasteiger partial charge in [0.15, 0.2) is 0 Å². The summed E-state index contributed by atoms with van der Waals surface area (Å²) in [6.07, 6.45) is 7.87. The van der Waals surface area contributed by atoms with Crippen molar-refractivity contribution in [2.24, 2.45) is 0 Å². The Kier molecular flexibility index (Phi) is 7.05. The number of pyridine rings is 1. The molecule has 6 nitrogen and oxygen atoms in total. The van der Waals surface area contributed by atoms with Gasteiger partial charge >= 0.3 is 0 Å². The van der Waals surface area contributed by atoms with E-state index in [2.05, 4.69) is 75.8 Å². The van der Waals surface area contributed by atoms with E-state index in [1.807, 2.05) is 53.4 Å². The zero-order chi connectivity index (χ0) is 22.2. The van der Waals surface area contributed by atoms with Crippen molar-refractivity contribution in [3.05, 3.63) is 96.1 Å². The fraction of sp³-hybridized carbons (Fsp3) is 0.192. The van der Waals surface area contributed by atoms with Crippen molar-refractivity contribution in [3.8, 4) is 5.69 Å². The average molecular weight is 425 g/mol. The Morgan fingerprint density at radius 1 is 0.906 bits per heavy atom. The monoisotopic (exact) mass is 424 g/mol. The van der Waals surface area contributed by atoms with Gasteiger partial charge in [-0.05, 0) is 67.2 Å². The molecule has 0 aliphatic carbocycles. The second-order valence-electron chi connectivity index (χ2n) is 7.50. The second-order valence-corrected chi connectivity index (χ2v) is 7.50. The van der Waals surface area contributed by atoms with Crippen LogP contribution in [-0.2, 0) is 6.54 Å². The van der Waals surface area contributed by atoms with Crippen molar-refractivity contribution >= 4 is 23.5 Å². The first-order chi connectivity index (χ1) is 15.7. The summed E-state index contributed by atoms with van der Waals surface area (Å²) in [6, 6.07) is 22.4. The first-order valence-electron chi connectivity index (χ1n) is 10.9. The maximum absolute atomic E-state index is 4.33. The molecule has 0 atom stereocenters. The van der Waals surface area contributed by atoms with Gasteiger partial charge < -0.3 is 5.32 Å². The van der Waals surface area contributed by atoms with Crippen LogP contribution in [0.15, 0.2) is 79.1 Å². The largest absolute Gasteiger partial charge is 0.355 e. The molecule has 0 fully saturated rings. The molecule has 32 heavy (non-hydrogen) atoms. The molecule has 0 saturated carbocycles. The summed E-state index contributed by atoms with van der Waals surface area (Å²) in [5.41, 5.74) is 6.04. The quantitative estimate of drug-likeness (QED) is 0.389. The molecule has 0 radical (unpaired) electrons. The van der Waals surface area contributed by atoms with Gasteiger partial charge in [0.25, 0.3) is 0 Å². The molecule has 162 valence electrons. The van der Waals surface area contributed by atoms with Gasteiger partial charge in [-0.25, -0.2) is 4.68 Å². The van der Waals surface area contributed by atoms with Gasteiger partial charge in [-0.1, -0.05) is 49.4 Å². The van der Waals surface area contributed by atoms with E-state index in [0.29, 0.717) is 0 Å². The Bertz CT molecular complexity index is 1140. The van der Waals surface area contributed by atoms with Crippen LogP contribution in [0, 0.1) is 0 Å². The van der Waals surface area contributed by atoms with E-state index in [1.54, 1.807) is 6.20 Å². The summed E-state index contributed by atoms with van der Waals surface area (Å²) < 4.78 is 1.83. The van der Waals surface area contributed by atoms with E-state index in [4.69, 9.17) is 0 Å². The van der Waals surface area contributed by atoms with Crippen LogP contribution in [-0.4, -0.2) is 38.0 Å². The van der Waals surface area contributed by atoms with Crippen molar-refractivity contribution < 1.29 is 0 Å². The topological polar surface area (TPSA) is 58.9 Å². The van der Waals surface area contributed by atoms with Crippen LogP contribution in [0.3, 0.4) is 0 Å². The van der Waals surface area contributed by atoms with Crippen LogP contribution < -0.4 is 5.32 Å². The average Bonchev–Trinajstić information content (AvgIpc) is 3.32. The molecule has 2 heterocycles. The van der Waals surface area contributed by atoms with E-state index < -0.39 is 0 Å². The summed E-state index contributed by atoms with van der Waals surface area (Å²) in [4.78, 5) is 6.63. The lowest BCUT2D eigenvalue weighted by molar-refractivity contribution is 0.292. The molecule has 0 aliphatic rings. The zero-order valence-electron chi connectivity index (χ0n) is 18.5. The second kappa shape index (κ2) is 10.5. The Balaban J connectivity index is 1.42. The van der Waals surface area contributed by atoms with Crippen molar-refractivity contribution in [3.63, 3.8) is 0 Å². The van der Waals surface area contributed by atoms with E-state index in [-0.39, 0.29) is 0 Å². The van der Waals surface area contributed by atoms with Gasteiger partial charge in [0.1, 0.15) is 0 Å². The third-order valence-electron chi connectivity index (χ3n) is 5.27. The van der Waals surface area contributed by atoms with Crippen LogP contribution in [0.5, 0.6) is 0 Å². The highest BCUT2D eigenvalue weighted by Crippen LogP contribution is 2.20. The van der Waals surface area contributed by atoms with Gasteiger partial charge in [0, 0.05) is 24.1 Å². The van der Waals surface area contributed by atoms with Crippen LogP contribution in [0.2, 0.25) is 0 Å². The number of benzene rings is 2. The Morgan fingerprint density at radius 2 is 1.75 bits per heavy atom. The molecule has 0 bridgehead atoms. The van der Waals surface area contributed by atoms with Crippen molar-refractivity contribution in [2.75, 3.05) is 18.4 Å². The fourth-order valence-corrected chi connectivity index (χ4v) is 3.40. The molecule has 1 N–H and O–H groups in total. The van der Waals surface area contributed by atoms with Crippen molar-refractivity contribution in [1.82, 2.24) is 24.9 Å². The minimum Gasteiger partial charge on any atom is -0.355 e. The fourth-order valence-electron chi connectivity index (χ4n) is 3.40. The summed E-state index contributed by atoms with van der Waals surface area (Å²) in [5.74, 6) is 0. The molecule has 0 saturated heterocycles. The van der Waals surface area contributed by atoms with E-state index in [1.165, 1.54) is 0 Å². The Hall–Kier alpha value is -3.77. The minimum atomic E-state index is 0.812. The summed E-state index contributed by atoms with van der Waals surface area (Å²) in [6.45, 7) is 7.13. The maximum atomic E-state index is 4.33. The minimum absolute atomic E-state index is 0.812. The molecule has 2 aromatic heterocycles. The standard InChI is InChI=1S/C26H28N6/c1-3-31(4-2)19-25-20-32(30-29-25)26-10-7-9-24(18-26)28-23-15-12-21(13-16-23)11-14-22-8-5-6-17-27-22/h5-18,20,28H,3-4,19H2,1-2H3/b14-11+. The summed E-state index contributed by atoms with van der Waals surface area (Å²) >= 11 is 0. The lowest BCUT2D eigenvalue weighted by atomic mass is 10.1. The lowest BCUT2D eigenvalue weighted by Gasteiger charge is -2.15. The molecular formula is C26H28N6. The highest BCUT2D eigenvalue weighted by Gasteiger charge is 2.07. The Labute approximate surface area is 189 Å². The third kappa shape index (κ3) is 5.68. The highest BCUT2D eigenvalue weighted by molar-refractivity contribution is 5.70. The van der Waals surface area contributed by atoms with Crippen LogP contribution in [0.4, 0.5) is 11.4 Å². The van der Waals surface area contributed by atoms with Gasteiger partial charge in [-0.15, -0.1) is 5.10 Å². The first-order valence-corrected chi connectivity index (χ1v) is 10.9. The van der Waals surface area contributed by atoms with E-state index in [9.17, 15) is 0 Å². The molecule has 6 heteroatoms. The van der Waals surface area contributed by atoms with Gasteiger partial charge in [0.2, 0.25) is 0 Å². The molecule has 0 spiro atoms. The van der Waals surface area contributed by atoms with Gasteiger partial charge in [-0.3, -0.25) is 9.88 Å². The molecule has 0 aliphatic heterocycles. The summed E-state index contributed by atoms with van der Waals surface area (Å²) in [7, 11) is 0. The predicted molar refractivity (Wildman–Crippen MR) is 131 cm³/mol. The number of nitrogens with zero attached hydrogens (tertiary/aromatic N) is 5. The number of rotatable bonds is 9. The number of hydrogen-bond donors (Lipinski definition) is 1. The maximum Gasteiger partial charge on any atom is 0.0971 e. The predicted octanol–water partition coefficient (Wildman–Crippen LogP) is 5.42. The first kappa shape index (κ1) is 21.5. The van der Waals surface area contributed by atoms with Gasteiger partial charge in [-0.2, -0.15) is 0 Å². The zero-order valence-corrected chi connectivity index (χ0v) is 18.5. The molecule has 0 amide bonds. The smallest absolute Gasteiger partial charge is 0.0971 e. The summed E-state index contributed by atoms with van der Waals surface area (Å²) in [5, 5.41) is 12.1. The van der Waals surface area contributed by atoms with Crippen LogP contribution in [0.1, 0.15) is 30.8 Å². The molecule has 0 unspecified atom stereocenters. The van der Waals surface area contributed by atoms with Crippen molar-refractivity contribution in [2.45, 2.75) is 20.4 Å². The SMILES string of the molecule is CCN(CC)Cc1cn(-c2cccc(Nc3ccc(/C=C/c4ccccn4)cc3)c2)nn1. The highest BCUT2D eigenvalue weighted by atomic mass is 15.4. The number of aromatic nitrogens is 4. The van der Waals surface area contributed by atoms with Gasteiger partial charge in [0.05, 0.1) is 23.3 Å². The van der Waals surface area contributed by atoms with Crippen LogP contribution >= 0.6 is 0 Å². The van der Waals surface area contributed by atoms with Crippen LogP contribution in [0.25, 0.3) is 17.8 Å². The van der Waals surface area contributed by atoms with E-state index >= 15 is 0 Å². The number of hydrogen-bond acceptors (Lipinski definition) is 5. The molecular weight excluding hydrogens is 396 g/mol. The molecule has 2 aromatic carbocycles. The van der Waals surface area contributed by atoms with E-state index in [0.717, 1.165) is 53.6 Å². The van der Waals surface area contributed by atoms with Crippen molar-refractivity contribution in [1.29, 1.82) is 0 Å². The molecule has 4 rings (SSSR count).